The highest BCUT2D eigenvalue weighted by Gasteiger charge is 2.18. The van der Waals surface area contributed by atoms with Gasteiger partial charge in [0.05, 0.1) is 13.2 Å². The average Bonchev–Trinajstić information content (AvgIpc) is 2.77. The molecule has 0 bridgehead atoms. The summed E-state index contributed by atoms with van der Waals surface area (Å²) in [5.41, 5.74) is 0.742. The summed E-state index contributed by atoms with van der Waals surface area (Å²) >= 11 is 0. The molecule has 1 aromatic carbocycles. The van der Waals surface area contributed by atoms with Crippen molar-refractivity contribution in [2.24, 2.45) is 0 Å². The predicted molar refractivity (Wildman–Crippen MR) is 84.8 cm³/mol. The second-order valence-corrected chi connectivity index (χ2v) is 5.54. The smallest absolute Gasteiger partial charge is 0.342 e. The standard InChI is InChI=1S/C18H18O6/c1-11-8-14(12(2)24-11)18(20)23-10-15(19)13-4-5-16-17(9-13)22-7-3-6-21-16/h4-5,8-9H,3,6-7,10H2,1-2H3. The van der Waals surface area contributed by atoms with E-state index in [1.54, 1.807) is 38.1 Å². The van der Waals surface area contributed by atoms with Crippen LogP contribution in [-0.4, -0.2) is 31.6 Å². The summed E-state index contributed by atoms with van der Waals surface area (Å²) in [6.45, 7) is 4.20. The van der Waals surface area contributed by atoms with Crippen molar-refractivity contribution >= 4 is 11.8 Å². The zero-order valence-corrected chi connectivity index (χ0v) is 13.6. The third-order valence-corrected chi connectivity index (χ3v) is 3.66. The molecular weight excluding hydrogens is 312 g/mol. The summed E-state index contributed by atoms with van der Waals surface area (Å²) in [6, 6.07) is 6.54. The molecule has 1 aliphatic heterocycles. The number of furan rings is 1. The van der Waals surface area contributed by atoms with Gasteiger partial charge in [-0.3, -0.25) is 4.79 Å². The Kier molecular flexibility index (Phi) is 4.55. The Bertz CT molecular complexity index is 774. The lowest BCUT2D eigenvalue weighted by atomic mass is 10.1. The lowest BCUT2D eigenvalue weighted by Crippen LogP contribution is -2.14. The Morgan fingerprint density at radius 3 is 2.54 bits per heavy atom. The minimum absolute atomic E-state index is 0.308. The van der Waals surface area contributed by atoms with E-state index in [1.165, 1.54) is 0 Å². The molecule has 0 spiro atoms. The quantitative estimate of drug-likeness (QED) is 0.633. The number of ketones is 1. The molecule has 0 saturated carbocycles. The molecule has 2 aromatic rings. The molecule has 6 heteroatoms. The molecule has 0 aliphatic carbocycles. The Hall–Kier alpha value is -2.76. The van der Waals surface area contributed by atoms with Crippen molar-refractivity contribution in [3.63, 3.8) is 0 Å². The normalized spacial score (nSPS) is 13.2. The van der Waals surface area contributed by atoms with Crippen LogP contribution in [-0.2, 0) is 4.74 Å². The van der Waals surface area contributed by atoms with E-state index in [2.05, 4.69) is 0 Å². The molecule has 0 unspecified atom stereocenters. The minimum Gasteiger partial charge on any atom is -0.490 e. The number of fused-ring (bicyclic) bond motifs is 1. The SMILES string of the molecule is Cc1cc(C(=O)OCC(=O)c2ccc3c(c2)OCCCO3)c(C)o1. The highest BCUT2D eigenvalue weighted by molar-refractivity contribution is 6.00. The Morgan fingerprint density at radius 2 is 1.83 bits per heavy atom. The molecule has 1 aliphatic rings. The molecule has 3 rings (SSSR count). The maximum absolute atomic E-state index is 12.2. The second kappa shape index (κ2) is 6.78. The number of aryl methyl sites for hydroxylation is 2. The Balaban J connectivity index is 1.66. The zero-order chi connectivity index (χ0) is 17.1. The third-order valence-electron chi connectivity index (χ3n) is 3.66. The van der Waals surface area contributed by atoms with Crippen LogP contribution in [0.25, 0.3) is 0 Å². The van der Waals surface area contributed by atoms with Gasteiger partial charge in [-0.1, -0.05) is 0 Å². The maximum Gasteiger partial charge on any atom is 0.342 e. The first kappa shape index (κ1) is 16.1. The fourth-order valence-electron chi connectivity index (χ4n) is 2.46. The summed E-state index contributed by atoms with van der Waals surface area (Å²) in [4.78, 5) is 24.3. The number of benzene rings is 1. The molecule has 0 radical (unpaired) electrons. The number of rotatable bonds is 4. The Labute approximate surface area is 139 Å². The molecule has 126 valence electrons. The van der Waals surface area contributed by atoms with E-state index in [0.717, 1.165) is 6.42 Å². The predicted octanol–water partition coefficient (Wildman–Crippen LogP) is 3.10. The number of carbonyl (C=O) groups is 2. The lowest BCUT2D eigenvalue weighted by molar-refractivity contribution is 0.0473. The molecule has 0 saturated heterocycles. The van der Waals surface area contributed by atoms with E-state index in [4.69, 9.17) is 18.6 Å². The number of ether oxygens (including phenoxy) is 3. The summed E-state index contributed by atoms with van der Waals surface area (Å²) in [7, 11) is 0. The van der Waals surface area contributed by atoms with Crippen molar-refractivity contribution < 1.29 is 28.2 Å². The van der Waals surface area contributed by atoms with Gasteiger partial charge in [-0.15, -0.1) is 0 Å². The van der Waals surface area contributed by atoms with Gasteiger partial charge in [0, 0.05) is 12.0 Å². The zero-order valence-electron chi connectivity index (χ0n) is 13.6. The molecule has 1 aromatic heterocycles. The van der Waals surface area contributed by atoms with Crippen LogP contribution < -0.4 is 9.47 Å². The topological polar surface area (TPSA) is 75.0 Å². The van der Waals surface area contributed by atoms with Gasteiger partial charge in [0.25, 0.3) is 0 Å². The summed E-state index contributed by atoms with van der Waals surface area (Å²) < 4.78 is 21.4. The monoisotopic (exact) mass is 330 g/mol. The molecule has 0 atom stereocenters. The molecule has 24 heavy (non-hydrogen) atoms. The van der Waals surface area contributed by atoms with Crippen molar-refractivity contribution in [1.82, 2.24) is 0 Å². The summed E-state index contributed by atoms with van der Waals surface area (Å²) in [5.74, 6) is 1.36. The summed E-state index contributed by atoms with van der Waals surface area (Å²) in [6.07, 6.45) is 0.791. The number of hydrogen-bond acceptors (Lipinski definition) is 6. The van der Waals surface area contributed by atoms with E-state index in [0.29, 0.717) is 47.4 Å². The molecule has 0 N–H and O–H groups in total. The molecule has 0 amide bonds. The van der Waals surface area contributed by atoms with Crippen LogP contribution in [0.15, 0.2) is 28.7 Å². The van der Waals surface area contributed by atoms with Gasteiger partial charge in [-0.2, -0.15) is 0 Å². The fraction of sp³-hybridized carbons (Fsp3) is 0.333. The first-order valence-corrected chi connectivity index (χ1v) is 7.71. The van der Waals surface area contributed by atoms with Gasteiger partial charge in [-0.05, 0) is 38.1 Å². The van der Waals surface area contributed by atoms with Gasteiger partial charge in [0.2, 0.25) is 0 Å². The van der Waals surface area contributed by atoms with Crippen molar-refractivity contribution in [2.45, 2.75) is 20.3 Å². The summed E-state index contributed by atoms with van der Waals surface area (Å²) in [5, 5.41) is 0. The number of Topliss-reactive ketones (excluding diaryl/α,β-unsaturated/α-hetero) is 1. The molecular formula is C18H18O6. The van der Waals surface area contributed by atoms with E-state index in [9.17, 15) is 9.59 Å². The number of esters is 1. The molecule has 0 fully saturated rings. The van der Waals surface area contributed by atoms with Gasteiger partial charge >= 0.3 is 5.97 Å². The molecule has 6 nitrogen and oxygen atoms in total. The van der Waals surface area contributed by atoms with Crippen LogP contribution in [0.5, 0.6) is 11.5 Å². The van der Waals surface area contributed by atoms with Gasteiger partial charge in [0.15, 0.2) is 23.9 Å². The average molecular weight is 330 g/mol. The first-order valence-electron chi connectivity index (χ1n) is 7.71. The largest absolute Gasteiger partial charge is 0.490 e. The van der Waals surface area contributed by atoms with Crippen LogP contribution in [0.1, 0.15) is 38.7 Å². The first-order chi connectivity index (χ1) is 11.5. The Morgan fingerprint density at radius 1 is 1.08 bits per heavy atom. The van der Waals surface area contributed by atoms with Crippen molar-refractivity contribution in [1.29, 1.82) is 0 Å². The van der Waals surface area contributed by atoms with Crippen molar-refractivity contribution in [3.8, 4) is 11.5 Å². The minimum atomic E-state index is -0.577. The van der Waals surface area contributed by atoms with Gasteiger partial charge in [-0.25, -0.2) is 4.79 Å². The number of carbonyl (C=O) groups excluding carboxylic acids is 2. The van der Waals surface area contributed by atoms with Crippen molar-refractivity contribution in [3.05, 3.63) is 46.9 Å². The number of hydrogen-bond donors (Lipinski definition) is 0. The highest BCUT2D eigenvalue weighted by Crippen LogP contribution is 2.30. The van der Waals surface area contributed by atoms with Gasteiger partial charge < -0.3 is 18.6 Å². The van der Waals surface area contributed by atoms with E-state index >= 15 is 0 Å². The highest BCUT2D eigenvalue weighted by atomic mass is 16.5. The van der Waals surface area contributed by atoms with Crippen LogP contribution in [0.3, 0.4) is 0 Å². The fourth-order valence-corrected chi connectivity index (χ4v) is 2.46. The lowest BCUT2D eigenvalue weighted by Gasteiger charge is -2.09. The maximum atomic E-state index is 12.2. The van der Waals surface area contributed by atoms with E-state index in [-0.39, 0.29) is 12.4 Å². The van der Waals surface area contributed by atoms with Crippen LogP contribution in [0, 0.1) is 13.8 Å². The van der Waals surface area contributed by atoms with Gasteiger partial charge in [0.1, 0.15) is 17.1 Å². The van der Waals surface area contributed by atoms with E-state index in [1.807, 2.05) is 0 Å². The van der Waals surface area contributed by atoms with E-state index < -0.39 is 5.97 Å². The van der Waals surface area contributed by atoms with Crippen LogP contribution in [0.4, 0.5) is 0 Å². The third kappa shape index (κ3) is 3.42. The molecule has 2 heterocycles. The van der Waals surface area contributed by atoms with Crippen molar-refractivity contribution in [2.75, 3.05) is 19.8 Å². The van der Waals surface area contributed by atoms with Crippen LogP contribution in [0.2, 0.25) is 0 Å². The second-order valence-electron chi connectivity index (χ2n) is 5.54. The van der Waals surface area contributed by atoms with Crippen LogP contribution >= 0.6 is 0 Å².